The van der Waals surface area contributed by atoms with Crippen LogP contribution in [-0.4, -0.2) is 31.1 Å². The van der Waals surface area contributed by atoms with Gasteiger partial charge in [0.15, 0.2) is 5.78 Å². The highest BCUT2D eigenvalue weighted by molar-refractivity contribution is 6.10. The van der Waals surface area contributed by atoms with Crippen molar-refractivity contribution in [2.24, 2.45) is 11.8 Å². The monoisotopic (exact) mass is 200 g/mol. The molecule has 0 aromatic rings. The molecule has 1 saturated heterocycles. The summed E-state index contributed by atoms with van der Waals surface area (Å²) < 4.78 is 9.50. The van der Waals surface area contributed by atoms with Gasteiger partial charge in [-0.1, -0.05) is 20.8 Å². The predicted octanol–water partition coefficient (Wildman–Crippen LogP) is 0.790. The standard InChI is InChI=1S/C10H16O4/c1-6(2)7(3)8(11)10(5-14-10)9(12)13-4/h6-7H,5H2,1-4H3/t7-,10?/m1/s1. The van der Waals surface area contributed by atoms with E-state index < -0.39 is 11.6 Å². The topological polar surface area (TPSA) is 55.9 Å². The lowest BCUT2D eigenvalue weighted by Crippen LogP contribution is -2.40. The van der Waals surface area contributed by atoms with Gasteiger partial charge >= 0.3 is 5.97 Å². The molecule has 0 saturated carbocycles. The maximum Gasteiger partial charge on any atom is 0.348 e. The first-order valence-corrected chi connectivity index (χ1v) is 4.72. The summed E-state index contributed by atoms with van der Waals surface area (Å²) in [5.74, 6) is -0.723. The molecule has 1 heterocycles. The van der Waals surface area contributed by atoms with Crippen LogP contribution in [0.3, 0.4) is 0 Å². The molecule has 0 amide bonds. The number of carbonyl (C=O) groups is 2. The van der Waals surface area contributed by atoms with Crippen LogP contribution in [0.15, 0.2) is 0 Å². The summed E-state index contributed by atoms with van der Waals surface area (Å²) in [5.41, 5.74) is -1.28. The van der Waals surface area contributed by atoms with Crippen molar-refractivity contribution in [1.29, 1.82) is 0 Å². The molecule has 0 spiro atoms. The number of rotatable bonds is 4. The number of carbonyl (C=O) groups excluding carboxylic acids is 2. The molecule has 80 valence electrons. The maximum atomic E-state index is 11.8. The summed E-state index contributed by atoms with van der Waals surface area (Å²) in [5, 5.41) is 0. The molecule has 0 radical (unpaired) electrons. The Labute approximate surface area is 83.6 Å². The highest BCUT2D eigenvalue weighted by Crippen LogP contribution is 2.34. The minimum Gasteiger partial charge on any atom is -0.466 e. The third-order valence-corrected chi connectivity index (χ3v) is 2.76. The lowest BCUT2D eigenvalue weighted by Gasteiger charge is -2.17. The zero-order valence-electron chi connectivity index (χ0n) is 8.99. The smallest absolute Gasteiger partial charge is 0.348 e. The van der Waals surface area contributed by atoms with Crippen molar-refractivity contribution < 1.29 is 19.1 Å². The van der Waals surface area contributed by atoms with Crippen LogP contribution >= 0.6 is 0 Å². The average molecular weight is 200 g/mol. The van der Waals surface area contributed by atoms with Crippen LogP contribution in [0.1, 0.15) is 20.8 Å². The molecule has 1 aliphatic heterocycles. The van der Waals surface area contributed by atoms with Crippen molar-refractivity contribution in [2.45, 2.75) is 26.4 Å². The average Bonchev–Trinajstić information content (AvgIpc) is 2.95. The fourth-order valence-corrected chi connectivity index (χ4v) is 1.27. The molecule has 0 bridgehead atoms. The second-order valence-electron chi connectivity index (χ2n) is 4.00. The number of esters is 1. The first-order chi connectivity index (χ1) is 6.45. The van der Waals surface area contributed by atoms with E-state index in [1.54, 1.807) is 6.92 Å². The van der Waals surface area contributed by atoms with Gasteiger partial charge in [0.25, 0.3) is 0 Å². The second-order valence-corrected chi connectivity index (χ2v) is 4.00. The van der Waals surface area contributed by atoms with Gasteiger partial charge in [-0.3, -0.25) is 4.79 Å². The summed E-state index contributed by atoms with van der Waals surface area (Å²) >= 11 is 0. The quantitative estimate of drug-likeness (QED) is 0.382. The largest absolute Gasteiger partial charge is 0.466 e. The third kappa shape index (κ3) is 1.66. The van der Waals surface area contributed by atoms with Crippen LogP contribution in [0.2, 0.25) is 0 Å². The first-order valence-electron chi connectivity index (χ1n) is 4.72. The molecule has 0 aliphatic carbocycles. The summed E-state index contributed by atoms with van der Waals surface area (Å²) in [6, 6.07) is 0. The highest BCUT2D eigenvalue weighted by atomic mass is 16.6. The third-order valence-electron chi connectivity index (χ3n) is 2.76. The summed E-state index contributed by atoms with van der Waals surface area (Å²) in [6.45, 7) is 5.85. The molecular formula is C10H16O4. The lowest BCUT2D eigenvalue weighted by molar-refractivity contribution is -0.152. The Balaban J connectivity index is 2.74. The minimum atomic E-state index is -1.28. The van der Waals surface area contributed by atoms with Crippen molar-refractivity contribution in [3.05, 3.63) is 0 Å². The zero-order valence-corrected chi connectivity index (χ0v) is 8.99. The van der Waals surface area contributed by atoms with E-state index in [2.05, 4.69) is 4.74 Å². The van der Waals surface area contributed by atoms with Gasteiger partial charge in [0, 0.05) is 5.92 Å². The highest BCUT2D eigenvalue weighted by Gasteiger charge is 2.61. The van der Waals surface area contributed by atoms with Crippen LogP contribution in [0.4, 0.5) is 0 Å². The van der Waals surface area contributed by atoms with E-state index in [1.165, 1.54) is 7.11 Å². The van der Waals surface area contributed by atoms with E-state index >= 15 is 0 Å². The van der Waals surface area contributed by atoms with Crippen molar-refractivity contribution >= 4 is 11.8 Å². The van der Waals surface area contributed by atoms with Gasteiger partial charge in [-0.2, -0.15) is 0 Å². The molecule has 1 fully saturated rings. The molecule has 4 nitrogen and oxygen atoms in total. The van der Waals surface area contributed by atoms with Gasteiger partial charge in [-0.15, -0.1) is 0 Å². The Hall–Kier alpha value is -0.900. The molecule has 4 heteroatoms. The maximum absolute atomic E-state index is 11.8. The second kappa shape index (κ2) is 3.69. The van der Waals surface area contributed by atoms with E-state index in [-0.39, 0.29) is 24.2 Å². The Morgan fingerprint density at radius 2 is 1.86 bits per heavy atom. The fourth-order valence-electron chi connectivity index (χ4n) is 1.27. The summed E-state index contributed by atoms with van der Waals surface area (Å²) in [6.07, 6.45) is 0. The molecule has 14 heavy (non-hydrogen) atoms. The predicted molar refractivity (Wildman–Crippen MR) is 49.7 cm³/mol. The molecule has 0 N–H and O–H groups in total. The molecule has 1 unspecified atom stereocenters. The molecule has 2 atom stereocenters. The lowest BCUT2D eigenvalue weighted by atomic mass is 9.86. The number of Topliss-reactive ketones (excluding diaryl/α,β-unsaturated/α-hetero) is 1. The van der Waals surface area contributed by atoms with E-state index in [1.807, 2.05) is 13.8 Å². The zero-order chi connectivity index (χ0) is 10.9. The summed E-state index contributed by atoms with van der Waals surface area (Å²) in [7, 11) is 1.26. The van der Waals surface area contributed by atoms with Crippen molar-refractivity contribution in [3.63, 3.8) is 0 Å². The molecule has 1 rings (SSSR count). The van der Waals surface area contributed by atoms with Crippen LogP contribution < -0.4 is 0 Å². The van der Waals surface area contributed by atoms with Crippen molar-refractivity contribution in [3.8, 4) is 0 Å². The normalized spacial score (nSPS) is 27.2. The Kier molecular flexibility index (Phi) is 2.95. The number of hydrogen-bond donors (Lipinski definition) is 0. The first kappa shape index (κ1) is 11.2. The molecule has 0 aromatic carbocycles. The van der Waals surface area contributed by atoms with E-state index in [9.17, 15) is 9.59 Å². The SMILES string of the molecule is COC(=O)C1(C(=O)[C@H](C)C(C)C)CO1. The van der Waals surface area contributed by atoms with Gasteiger partial charge < -0.3 is 9.47 Å². The number of methoxy groups -OCH3 is 1. The van der Waals surface area contributed by atoms with Gasteiger partial charge in [0.2, 0.25) is 5.60 Å². The number of hydrogen-bond acceptors (Lipinski definition) is 4. The van der Waals surface area contributed by atoms with Crippen molar-refractivity contribution in [1.82, 2.24) is 0 Å². The molecule has 0 aromatic heterocycles. The van der Waals surface area contributed by atoms with E-state index in [0.717, 1.165) is 0 Å². The fraction of sp³-hybridized carbons (Fsp3) is 0.800. The van der Waals surface area contributed by atoms with Gasteiger partial charge in [-0.05, 0) is 5.92 Å². The van der Waals surface area contributed by atoms with E-state index in [0.29, 0.717) is 0 Å². The summed E-state index contributed by atoms with van der Waals surface area (Å²) in [4.78, 5) is 23.1. The molecular weight excluding hydrogens is 184 g/mol. The minimum absolute atomic E-state index is 0.162. The van der Waals surface area contributed by atoms with Gasteiger partial charge in [0.05, 0.1) is 13.7 Å². The van der Waals surface area contributed by atoms with Crippen molar-refractivity contribution in [2.75, 3.05) is 13.7 Å². The van der Waals surface area contributed by atoms with Crippen LogP contribution in [0.25, 0.3) is 0 Å². The Morgan fingerprint density at radius 3 is 2.14 bits per heavy atom. The molecule has 1 aliphatic rings. The van der Waals surface area contributed by atoms with Crippen LogP contribution in [0.5, 0.6) is 0 Å². The van der Waals surface area contributed by atoms with Gasteiger partial charge in [-0.25, -0.2) is 4.79 Å². The van der Waals surface area contributed by atoms with Crippen LogP contribution in [0, 0.1) is 11.8 Å². The van der Waals surface area contributed by atoms with Crippen LogP contribution in [-0.2, 0) is 19.1 Å². The van der Waals surface area contributed by atoms with Gasteiger partial charge in [0.1, 0.15) is 0 Å². The number of epoxide rings is 1. The number of ketones is 1. The Morgan fingerprint density at radius 1 is 1.36 bits per heavy atom. The number of ether oxygens (including phenoxy) is 2. The van der Waals surface area contributed by atoms with E-state index in [4.69, 9.17) is 4.74 Å². The Bertz CT molecular complexity index is 253.